The Labute approximate surface area is 125 Å². The molecule has 0 aliphatic heterocycles. The van der Waals surface area contributed by atoms with E-state index in [1.54, 1.807) is 12.1 Å². The fraction of sp³-hybridized carbons (Fsp3) is 0.429. The van der Waals surface area contributed by atoms with Gasteiger partial charge in [0.2, 0.25) is 0 Å². The number of aryl methyl sites for hydroxylation is 1. The summed E-state index contributed by atoms with van der Waals surface area (Å²) in [4.78, 5) is 23.2. The van der Waals surface area contributed by atoms with Crippen LogP contribution in [-0.2, 0) is 4.79 Å². The average molecular weight is 373 g/mol. The zero-order valence-electron chi connectivity index (χ0n) is 10.6. The summed E-state index contributed by atoms with van der Waals surface area (Å²) in [5.41, 5.74) is 1.61. The predicted molar refractivity (Wildman–Crippen MR) is 80.1 cm³/mol. The van der Waals surface area contributed by atoms with Crippen molar-refractivity contribution in [1.82, 2.24) is 5.32 Å². The maximum Gasteiger partial charge on any atom is 0.326 e. The van der Waals surface area contributed by atoms with Gasteiger partial charge in [0.15, 0.2) is 0 Å². The molecule has 1 atom stereocenters. The summed E-state index contributed by atoms with van der Waals surface area (Å²) in [6.07, 6.45) is 2.67. The molecule has 19 heavy (non-hydrogen) atoms. The van der Waals surface area contributed by atoms with E-state index >= 15 is 0 Å². The molecule has 1 aliphatic carbocycles. The summed E-state index contributed by atoms with van der Waals surface area (Å²) >= 11 is 2.16. The summed E-state index contributed by atoms with van der Waals surface area (Å²) in [5, 5.41) is 11.7. The van der Waals surface area contributed by atoms with E-state index < -0.39 is 12.0 Å². The maximum absolute atomic E-state index is 12.0. The van der Waals surface area contributed by atoms with Crippen molar-refractivity contribution in [3.05, 3.63) is 32.9 Å². The standard InChI is InChI=1S/C14H16INO3/c1-8-2-5-10(7-11(8)15)13(17)16-12(14(18)19)6-9-3-4-9/h2,5,7,9,12H,3-4,6H2,1H3,(H,16,17)(H,18,19). The Morgan fingerprint density at radius 2 is 2.16 bits per heavy atom. The lowest BCUT2D eigenvalue weighted by molar-refractivity contribution is -0.139. The van der Waals surface area contributed by atoms with Gasteiger partial charge in [0.25, 0.3) is 5.91 Å². The zero-order chi connectivity index (χ0) is 14.0. The minimum absolute atomic E-state index is 0.314. The first kappa shape index (κ1) is 14.3. The van der Waals surface area contributed by atoms with Crippen LogP contribution in [0.4, 0.5) is 0 Å². The maximum atomic E-state index is 12.0. The first-order valence-electron chi connectivity index (χ1n) is 6.27. The first-order chi connectivity index (χ1) is 8.97. The number of aliphatic carboxylic acids is 1. The lowest BCUT2D eigenvalue weighted by Crippen LogP contribution is -2.41. The van der Waals surface area contributed by atoms with Crippen molar-refractivity contribution >= 4 is 34.5 Å². The molecule has 102 valence electrons. The predicted octanol–water partition coefficient (Wildman–Crippen LogP) is 2.58. The molecule has 0 radical (unpaired) electrons. The summed E-state index contributed by atoms with van der Waals surface area (Å²) in [6, 6.07) is 4.59. The quantitative estimate of drug-likeness (QED) is 0.780. The van der Waals surface area contributed by atoms with Crippen molar-refractivity contribution in [3.8, 4) is 0 Å². The Balaban J connectivity index is 2.05. The number of hydrogen-bond donors (Lipinski definition) is 2. The highest BCUT2D eigenvalue weighted by Crippen LogP contribution is 2.33. The number of benzene rings is 1. The van der Waals surface area contributed by atoms with Gasteiger partial charge in [-0.05, 0) is 59.5 Å². The summed E-state index contributed by atoms with van der Waals surface area (Å²) in [7, 11) is 0. The van der Waals surface area contributed by atoms with Gasteiger partial charge in [-0.15, -0.1) is 0 Å². The lowest BCUT2D eigenvalue weighted by atomic mass is 10.1. The molecule has 1 saturated carbocycles. The second-order valence-corrected chi connectivity index (χ2v) is 6.17. The highest BCUT2D eigenvalue weighted by molar-refractivity contribution is 14.1. The van der Waals surface area contributed by atoms with E-state index in [4.69, 9.17) is 5.11 Å². The van der Waals surface area contributed by atoms with Crippen LogP contribution in [0.3, 0.4) is 0 Å². The van der Waals surface area contributed by atoms with Gasteiger partial charge in [0, 0.05) is 9.13 Å². The fourth-order valence-electron chi connectivity index (χ4n) is 1.88. The number of halogens is 1. The van der Waals surface area contributed by atoms with Crippen molar-refractivity contribution in [2.75, 3.05) is 0 Å². The number of carbonyl (C=O) groups is 2. The molecular weight excluding hydrogens is 357 g/mol. The third kappa shape index (κ3) is 3.92. The number of rotatable bonds is 5. The monoisotopic (exact) mass is 373 g/mol. The third-order valence-electron chi connectivity index (χ3n) is 3.30. The molecule has 1 aromatic carbocycles. The van der Waals surface area contributed by atoms with Gasteiger partial charge in [0.1, 0.15) is 6.04 Å². The van der Waals surface area contributed by atoms with Crippen LogP contribution in [-0.4, -0.2) is 23.0 Å². The molecule has 2 rings (SSSR count). The van der Waals surface area contributed by atoms with Crippen molar-refractivity contribution in [3.63, 3.8) is 0 Å². The van der Waals surface area contributed by atoms with Gasteiger partial charge >= 0.3 is 5.97 Å². The molecule has 1 unspecified atom stereocenters. The molecule has 2 N–H and O–H groups in total. The highest BCUT2D eigenvalue weighted by Gasteiger charge is 2.30. The lowest BCUT2D eigenvalue weighted by Gasteiger charge is -2.14. The fourth-order valence-corrected chi connectivity index (χ4v) is 2.40. The molecule has 0 spiro atoms. The minimum Gasteiger partial charge on any atom is -0.480 e. The Morgan fingerprint density at radius 3 is 2.68 bits per heavy atom. The van der Waals surface area contributed by atoms with Gasteiger partial charge in [-0.1, -0.05) is 18.9 Å². The molecule has 5 heteroatoms. The van der Waals surface area contributed by atoms with Crippen LogP contribution in [0.15, 0.2) is 18.2 Å². The second kappa shape index (κ2) is 5.90. The number of carbonyl (C=O) groups excluding carboxylic acids is 1. The van der Waals surface area contributed by atoms with E-state index in [1.165, 1.54) is 0 Å². The number of hydrogen-bond acceptors (Lipinski definition) is 2. The van der Waals surface area contributed by atoms with Crippen molar-refractivity contribution in [2.24, 2.45) is 5.92 Å². The zero-order valence-corrected chi connectivity index (χ0v) is 12.8. The molecule has 0 aromatic heterocycles. The smallest absolute Gasteiger partial charge is 0.326 e. The summed E-state index contributed by atoms with van der Waals surface area (Å²) in [6.45, 7) is 1.97. The van der Waals surface area contributed by atoms with Crippen LogP contribution in [0.25, 0.3) is 0 Å². The Bertz CT molecular complexity index is 511. The normalized spacial score (nSPS) is 15.9. The van der Waals surface area contributed by atoms with Crippen LogP contribution in [0.1, 0.15) is 35.2 Å². The summed E-state index contributed by atoms with van der Waals surface area (Å²) in [5.74, 6) is -0.812. The molecule has 1 amide bonds. The van der Waals surface area contributed by atoms with Crippen LogP contribution in [0.2, 0.25) is 0 Å². The van der Waals surface area contributed by atoms with E-state index in [-0.39, 0.29) is 5.91 Å². The van der Waals surface area contributed by atoms with Crippen LogP contribution in [0.5, 0.6) is 0 Å². The average Bonchev–Trinajstić information content (AvgIpc) is 3.15. The molecule has 0 saturated heterocycles. The molecule has 1 aliphatic rings. The van der Waals surface area contributed by atoms with Crippen molar-refractivity contribution in [2.45, 2.75) is 32.2 Å². The largest absolute Gasteiger partial charge is 0.480 e. The molecule has 1 aromatic rings. The van der Waals surface area contributed by atoms with E-state index in [0.717, 1.165) is 22.0 Å². The Hall–Kier alpha value is -1.11. The number of carboxylic acid groups (broad SMARTS) is 1. The third-order valence-corrected chi connectivity index (χ3v) is 4.47. The van der Waals surface area contributed by atoms with E-state index in [2.05, 4.69) is 27.9 Å². The van der Waals surface area contributed by atoms with Crippen molar-refractivity contribution in [1.29, 1.82) is 0 Å². The molecule has 4 nitrogen and oxygen atoms in total. The highest BCUT2D eigenvalue weighted by atomic mass is 127. The molecule has 1 fully saturated rings. The Morgan fingerprint density at radius 1 is 1.47 bits per heavy atom. The summed E-state index contributed by atoms with van der Waals surface area (Å²) < 4.78 is 0.999. The van der Waals surface area contributed by atoms with Gasteiger partial charge < -0.3 is 10.4 Å². The van der Waals surface area contributed by atoms with Gasteiger partial charge in [0.05, 0.1) is 0 Å². The van der Waals surface area contributed by atoms with E-state index in [0.29, 0.717) is 17.9 Å². The van der Waals surface area contributed by atoms with Gasteiger partial charge in [-0.2, -0.15) is 0 Å². The topological polar surface area (TPSA) is 66.4 Å². The van der Waals surface area contributed by atoms with Gasteiger partial charge in [-0.3, -0.25) is 4.79 Å². The molecule has 0 heterocycles. The Kier molecular flexibility index (Phi) is 4.44. The number of carboxylic acids is 1. The van der Waals surface area contributed by atoms with Crippen LogP contribution in [0, 0.1) is 16.4 Å². The molecule has 0 bridgehead atoms. The number of amides is 1. The van der Waals surface area contributed by atoms with Crippen molar-refractivity contribution < 1.29 is 14.7 Å². The van der Waals surface area contributed by atoms with Crippen LogP contribution >= 0.6 is 22.6 Å². The minimum atomic E-state index is -0.956. The van der Waals surface area contributed by atoms with Gasteiger partial charge in [-0.25, -0.2) is 4.79 Å². The van der Waals surface area contributed by atoms with E-state index in [9.17, 15) is 9.59 Å². The SMILES string of the molecule is Cc1ccc(C(=O)NC(CC2CC2)C(=O)O)cc1I. The first-order valence-corrected chi connectivity index (χ1v) is 7.35. The second-order valence-electron chi connectivity index (χ2n) is 5.01. The number of nitrogens with one attached hydrogen (secondary N) is 1. The van der Waals surface area contributed by atoms with E-state index in [1.807, 2.05) is 13.0 Å². The van der Waals surface area contributed by atoms with Crippen LogP contribution < -0.4 is 5.32 Å². The molecular formula is C14H16INO3.